The van der Waals surface area contributed by atoms with Crippen molar-refractivity contribution < 1.29 is 40.8 Å². The lowest BCUT2D eigenvalue weighted by Gasteiger charge is -2.35. The van der Waals surface area contributed by atoms with Crippen LogP contribution in [0, 0.1) is 10.1 Å². The van der Waals surface area contributed by atoms with Crippen LogP contribution >= 0.6 is 0 Å². The molecule has 1 aliphatic rings. The number of alkyl halides is 6. The Hall–Kier alpha value is -3.51. The number of halogens is 6. The molecule has 3 rings (SSSR count). The van der Waals surface area contributed by atoms with E-state index in [4.69, 9.17) is 4.74 Å². The lowest BCUT2D eigenvalue weighted by Crippen LogP contribution is -2.50. The minimum atomic E-state index is -5.03. The molecule has 0 aromatic heterocycles. The molecule has 0 saturated carbocycles. The molecule has 1 fully saturated rings. The van der Waals surface area contributed by atoms with E-state index in [1.165, 1.54) is 17.0 Å². The summed E-state index contributed by atoms with van der Waals surface area (Å²) in [6.45, 7) is 0.0239. The first-order chi connectivity index (χ1) is 15.4. The fourth-order valence-corrected chi connectivity index (χ4v) is 3.33. The number of nitrogens with zero attached hydrogens (tertiary/aromatic N) is 3. The number of benzene rings is 2. The first-order valence-corrected chi connectivity index (χ1v) is 9.54. The number of amides is 1. The number of piperazine rings is 1. The van der Waals surface area contributed by atoms with Crippen LogP contribution in [0.2, 0.25) is 0 Å². The Morgan fingerprint density at radius 2 is 1.48 bits per heavy atom. The maximum atomic E-state index is 12.9. The standard InChI is InChI=1S/C20H17F6N3O4/c21-19(22,23)13-9-14(20(24,25)26)11-15(10-13)33-12-18(30)28-7-5-27(6-8-28)16-3-1-2-4-17(16)29(31)32/h1-4,9-11H,5-8,12H2. The van der Waals surface area contributed by atoms with Gasteiger partial charge in [0, 0.05) is 32.2 Å². The molecule has 0 bridgehead atoms. The second-order valence-corrected chi connectivity index (χ2v) is 7.14. The zero-order chi connectivity index (χ0) is 24.4. The average Bonchev–Trinajstić information content (AvgIpc) is 2.76. The van der Waals surface area contributed by atoms with Crippen LogP contribution < -0.4 is 9.64 Å². The number of nitro groups is 1. The number of nitro benzene ring substituents is 1. The predicted octanol–water partition coefficient (Wildman–Crippen LogP) is 4.36. The summed E-state index contributed by atoms with van der Waals surface area (Å²) in [5.74, 6) is -1.37. The Labute approximate surface area is 183 Å². The summed E-state index contributed by atoms with van der Waals surface area (Å²) in [5.41, 5.74) is -2.80. The van der Waals surface area contributed by atoms with Crippen molar-refractivity contribution in [2.45, 2.75) is 12.4 Å². The SMILES string of the molecule is O=C(COc1cc(C(F)(F)F)cc(C(F)(F)F)c1)N1CCN(c2ccccc2[N+](=O)[O-])CC1. The summed E-state index contributed by atoms with van der Waals surface area (Å²) in [6, 6.07) is 6.85. The van der Waals surface area contributed by atoms with Gasteiger partial charge in [-0.1, -0.05) is 12.1 Å². The Balaban J connectivity index is 1.64. The largest absolute Gasteiger partial charge is 0.484 e. The van der Waals surface area contributed by atoms with Crippen LogP contribution in [0.5, 0.6) is 5.75 Å². The molecule has 2 aromatic rings. The highest BCUT2D eigenvalue weighted by molar-refractivity contribution is 5.78. The van der Waals surface area contributed by atoms with E-state index in [0.29, 0.717) is 17.8 Å². The average molecular weight is 477 g/mol. The van der Waals surface area contributed by atoms with Gasteiger partial charge < -0.3 is 14.5 Å². The van der Waals surface area contributed by atoms with E-state index >= 15 is 0 Å². The number of para-hydroxylation sites is 2. The summed E-state index contributed by atoms with van der Waals surface area (Å²) in [4.78, 5) is 26.1. The third kappa shape index (κ3) is 5.84. The molecule has 0 aliphatic carbocycles. The maximum Gasteiger partial charge on any atom is 0.416 e. The quantitative estimate of drug-likeness (QED) is 0.364. The van der Waals surface area contributed by atoms with Gasteiger partial charge in [-0.15, -0.1) is 0 Å². The first kappa shape index (κ1) is 24.1. The van der Waals surface area contributed by atoms with Crippen LogP contribution in [0.1, 0.15) is 11.1 Å². The van der Waals surface area contributed by atoms with Gasteiger partial charge in [0.2, 0.25) is 0 Å². The molecule has 0 N–H and O–H groups in total. The minimum Gasteiger partial charge on any atom is -0.484 e. The van der Waals surface area contributed by atoms with E-state index in [0.717, 1.165) is 0 Å². The molecule has 33 heavy (non-hydrogen) atoms. The van der Waals surface area contributed by atoms with Gasteiger partial charge in [-0.05, 0) is 24.3 Å². The number of carbonyl (C=O) groups is 1. The van der Waals surface area contributed by atoms with Gasteiger partial charge in [-0.25, -0.2) is 0 Å². The Kier molecular flexibility index (Phi) is 6.70. The molecule has 0 spiro atoms. The van der Waals surface area contributed by atoms with Gasteiger partial charge in [0.25, 0.3) is 11.6 Å². The summed E-state index contributed by atoms with van der Waals surface area (Å²) < 4.78 is 82.6. The van der Waals surface area contributed by atoms with Crippen LogP contribution in [-0.2, 0) is 17.1 Å². The zero-order valence-electron chi connectivity index (χ0n) is 16.8. The number of ether oxygens (including phenoxy) is 1. The van der Waals surface area contributed by atoms with Gasteiger partial charge in [-0.2, -0.15) is 26.3 Å². The summed E-state index contributed by atoms with van der Waals surface area (Å²) in [7, 11) is 0. The normalized spacial score (nSPS) is 14.8. The number of carbonyl (C=O) groups excluding carboxylic acids is 1. The van der Waals surface area contributed by atoms with Crippen LogP contribution in [-0.4, -0.2) is 48.5 Å². The van der Waals surface area contributed by atoms with Gasteiger partial charge in [-0.3, -0.25) is 14.9 Å². The number of anilines is 1. The van der Waals surface area contributed by atoms with Crippen LogP contribution in [0.15, 0.2) is 42.5 Å². The summed E-state index contributed by atoms with van der Waals surface area (Å²) >= 11 is 0. The maximum absolute atomic E-state index is 12.9. The van der Waals surface area contributed by atoms with Crippen molar-refractivity contribution in [3.05, 3.63) is 63.7 Å². The molecule has 7 nitrogen and oxygen atoms in total. The highest BCUT2D eigenvalue weighted by atomic mass is 19.4. The van der Waals surface area contributed by atoms with Crippen molar-refractivity contribution in [3.63, 3.8) is 0 Å². The fourth-order valence-electron chi connectivity index (χ4n) is 3.33. The van der Waals surface area contributed by atoms with E-state index in [1.54, 1.807) is 17.0 Å². The van der Waals surface area contributed by atoms with E-state index in [2.05, 4.69) is 0 Å². The van der Waals surface area contributed by atoms with Gasteiger partial charge in [0.1, 0.15) is 11.4 Å². The van der Waals surface area contributed by atoms with Crippen molar-refractivity contribution in [2.75, 3.05) is 37.7 Å². The Bertz CT molecular complexity index is 1000. The Morgan fingerprint density at radius 3 is 2.00 bits per heavy atom. The van der Waals surface area contributed by atoms with Gasteiger partial charge >= 0.3 is 12.4 Å². The molecule has 0 atom stereocenters. The summed E-state index contributed by atoms with van der Waals surface area (Å²) in [6.07, 6.45) is -10.1. The van der Waals surface area contributed by atoms with Crippen molar-refractivity contribution in [1.29, 1.82) is 0 Å². The van der Waals surface area contributed by atoms with E-state index in [1.807, 2.05) is 0 Å². The smallest absolute Gasteiger partial charge is 0.416 e. The Morgan fingerprint density at radius 1 is 0.939 bits per heavy atom. The second-order valence-electron chi connectivity index (χ2n) is 7.14. The van der Waals surface area contributed by atoms with Gasteiger partial charge in [0.05, 0.1) is 16.1 Å². The van der Waals surface area contributed by atoms with E-state index in [9.17, 15) is 41.3 Å². The lowest BCUT2D eigenvalue weighted by atomic mass is 10.1. The molecular weight excluding hydrogens is 460 g/mol. The molecular formula is C20H17F6N3O4. The topological polar surface area (TPSA) is 75.9 Å². The lowest BCUT2D eigenvalue weighted by molar-refractivity contribution is -0.384. The third-order valence-corrected chi connectivity index (χ3v) is 4.97. The van der Waals surface area contributed by atoms with E-state index in [-0.39, 0.29) is 37.9 Å². The second kappa shape index (κ2) is 9.16. The van der Waals surface area contributed by atoms with Crippen molar-refractivity contribution in [3.8, 4) is 5.75 Å². The van der Waals surface area contributed by atoms with Crippen LogP contribution in [0.25, 0.3) is 0 Å². The molecule has 13 heteroatoms. The van der Waals surface area contributed by atoms with Crippen LogP contribution in [0.4, 0.5) is 37.7 Å². The third-order valence-electron chi connectivity index (χ3n) is 4.97. The first-order valence-electron chi connectivity index (χ1n) is 9.54. The minimum absolute atomic E-state index is 0.0311. The summed E-state index contributed by atoms with van der Waals surface area (Å²) in [5, 5.41) is 11.2. The monoisotopic (exact) mass is 477 g/mol. The molecule has 178 valence electrons. The molecule has 1 saturated heterocycles. The van der Waals surface area contributed by atoms with Crippen LogP contribution in [0.3, 0.4) is 0 Å². The predicted molar refractivity (Wildman–Crippen MR) is 104 cm³/mol. The van der Waals surface area contributed by atoms with Gasteiger partial charge in [0.15, 0.2) is 6.61 Å². The van der Waals surface area contributed by atoms with E-state index < -0.39 is 46.7 Å². The van der Waals surface area contributed by atoms with Crippen molar-refractivity contribution in [2.24, 2.45) is 0 Å². The molecule has 2 aromatic carbocycles. The molecule has 0 unspecified atom stereocenters. The van der Waals surface area contributed by atoms with Crippen molar-refractivity contribution in [1.82, 2.24) is 4.90 Å². The molecule has 0 radical (unpaired) electrons. The number of hydrogen-bond acceptors (Lipinski definition) is 5. The molecule has 1 amide bonds. The van der Waals surface area contributed by atoms with Crippen molar-refractivity contribution >= 4 is 17.3 Å². The zero-order valence-corrected chi connectivity index (χ0v) is 16.8. The fraction of sp³-hybridized carbons (Fsp3) is 0.350. The molecule has 1 aliphatic heterocycles. The highest BCUT2D eigenvalue weighted by Crippen LogP contribution is 2.38. The number of rotatable bonds is 5. The molecule has 1 heterocycles. The number of hydrogen-bond donors (Lipinski definition) is 0. The highest BCUT2D eigenvalue weighted by Gasteiger charge is 2.37.